The van der Waals surface area contributed by atoms with Crippen LogP contribution in [0.2, 0.25) is 0 Å². The van der Waals surface area contributed by atoms with Crippen molar-refractivity contribution in [2.75, 3.05) is 0 Å². The van der Waals surface area contributed by atoms with Crippen LogP contribution >= 0.6 is 0 Å². The van der Waals surface area contributed by atoms with Crippen molar-refractivity contribution in [3.05, 3.63) is 48.3 Å². The highest BCUT2D eigenvalue weighted by atomic mass is 32.2. The average Bonchev–Trinajstić information content (AvgIpc) is 2.30. The Morgan fingerprint density at radius 2 is 1.75 bits per heavy atom. The maximum absolute atomic E-state index is 10.5. The maximum Gasteiger partial charge on any atom is 0.159 e. The summed E-state index contributed by atoms with van der Waals surface area (Å²) in [6, 6.07) is 8.91. The van der Waals surface area contributed by atoms with Crippen LogP contribution in [0.3, 0.4) is 0 Å². The molecule has 0 N–H and O–H groups in total. The average molecular weight is 233 g/mol. The van der Waals surface area contributed by atoms with Gasteiger partial charge < -0.3 is 4.55 Å². The standard InChI is InChI=1S/C11H10N2O2S/c14-16(15)8-9-2-4-10(5-3-9)11-12-6-1-7-13-11/h1-7H,8H2,(H,14,15)/p-1. The highest BCUT2D eigenvalue weighted by Gasteiger charge is 1.99. The van der Waals surface area contributed by atoms with Gasteiger partial charge in [-0.3, -0.25) is 4.21 Å². The van der Waals surface area contributed by atoms with Crippen LogP contribution in [0.1, 0.15) is 5.56 Å². The first-order valence-electron chi connectivity index (χ1n) is 4.68. The summed E-state index contributed by atoms with van der Waals surface area (Å²) >= 11 is -2.05. The fraction of sp³-hybridized carbons (Fsp3) is 0.0909. The molecule has 0 saturated carbocycles. The van der Waals surface area contributed by atoms with Crippen molar-refractivity contribution >= 4 is 11.1 Å². The molecule has 0 spiro atoms. The van der Waals surface area contributed by atoms with E-state index < -0.39 is 11.1 Å². The second-order valence-corrected chi connectivity index (χ2v) is 4.11. The van der Waals surface area contributed by atoms with Gasteiger partial charge in [-0.15, -0.1) is 0 Å². The first-order valence-corrected chi connectivity index (χ1v) is 5.92. The Labute approximate surface area is 95.7 Å². The zero-order valence-corrected chi connectivity index (χ0v) is 9.18. The van der Waals surface area contributed by atoms with E-state index in [9.17, 15) is 8.76 Å². The van der Waals surface area contributed by atoms with Gasteiger partial charge in [-0.1, -0.05) is 35.3 Å². The summed E-state index contributed by atoms with van der Waals surface area (Å²) in [5.41, 5.74) is 1.63. The van der Waals surface area contributed by atoms with Crippen molar-refractivity contribution < 1.29 is 8.76 Å². The van der Waals surface area contributed by atoms with Gasteiger partial charge in [-0.25, -0.2) is 9.97 Å². The van der Waals surface area contributed by atoms with E-state index in [1.807, 2.05) is 12.1 Å². The van der Waals surface area contributed by atoms with Crippen LogP contribution in [0, 0.1) is 0 Å². The van der Waals surface area contributed by atoms with E-state index in [1.165, 1.54) is 0 Å². The molecule has 5 heteroatoms. The van der Waals surface area contributed by atoms with Crippen molar-refractivity contribution in [3.8, 4) is 11.4 Å². The Hall–Kier alpha value is -1.59. The van der Waals surface area contributed by atoms with E-state index in [1.54, 1.807) is 30.6 Å². The Bertz CT molecular complexity index is 485. The van der Waals surface area contributed by atoms with Crippen LogP contribution < -0.4 is 0 Å². The molecule has 1 aromatic heterocycles. The van der Waals surface area contributed by atoms with E-state index >= 15 is 0 Å². The number of aromatic nitrogens is 2. The van der Waals surface area contributed by atoms with Crippen molar-refractivity contribution in [1.82, 2.24) is 9.97 Å². The molecule has 1 unspecified atom stereocenters. The zero-order chi connectivity index (χ0) is 11.4. The smallest absolute Gasteiger partial charge is 0.159 e. The quantitative estimate of drug-likeness (QED) is 0.754. The zero-order valence-electron chi connectivity index (χ0n) is 8.37. The molecule has 0 bridgehead atoms. The number of rotatable bonds is 3. The number of benzene rings is 1. The first kappa shape index (κ1) is 10.9. The molecule has 16 heavy (non-hydrogen) atoms. The van der Waals surface area contributed by atoms with Gasteiger partial charge in [-0.2, -0.15) is 0 Å². The molecular formula is C11H9N2O2S-. The fourth-order valence-corrected chi connectivity index (χ4v) is 1.80. The number of nitrogens with zero attached hydrogens (tertiary/aromatic N) is 2. The molecule has 2 aromatic rings. The summed E-state index contributed by atoms with van der Waals surface area (Å²) < 4.78 is 21.0. The second-order valence-electron chi connectivity index (χ2n) is 3.22. The Morgan fingerprint density at radius 1 is 1.12 bits per heavy atom. The molecule has 0 saturated heterocycles. The van der Waals surface area contributed by atoms with Crippen molar-refractivity contribution in [2.24, 2.45) is 0 Å². The summed E-state index contributed by atoms with van der Waals surface area (Å²) in [6.45, 7) is 0. The third-order valence-corrected chi connectivity index (χ3v) is 2.63. The van der Waals surface area contributed by atoms with Gasteiger partial charge in [0.1, 0.15) is 0 Å². The predicted molar refractivity (Wildman–Crippen MR) is 60.1 cm³/mol. The molecule has 1 aromatic carbocycles. The molecule has 1 atom stereocenters. The molecule has 0 aliphatic heterocycles. The topological polar surface area (TPSA) is 65.9 Å². The Kier molecular flexibility index (Phi) is 3.38. The van der Waals surface area contributed by atoms with Crippen LogP contribution in [0.15, 0.2) is 42.7 Å². The normalized spacial score (nSPS) is 12.3. The van der Waals surface area contributed by atoms with E-state index in [2.05, 4.69) is 9.97 Å². The second kappa shape index (κ2) is 4.96. The predicted octanol–water partition coefficient (Wildman–Crippen LogP) is 1.52. The summed E-state index contributed by atoms with van der Waals surface area (Å²) in [5, 5.41) is 0. The summed E-state index contributed by atoms with van der Waals surface area (Å²) in [5.74, 6) is 0.674. The minimum atomic E-state index is -2.05. The van der Waals surface area contributed by atoms with Crippen LogP contribution in [-0.4, -0.2) is 18.7 Å². The lowest BCUT2D eigenvalue weighted by atomic mass is 10.1. The van der Waals surface area contributed by atoms with Gasteiger partial charge in [0.05, 0.1) is 0 Å². The minimum absolute atomic E-state index is 0.0376. The molecule has 1 heterocycles. The highest BCUT2D eigenvalue weighted by molar-refractivity contribution is 7.78. The molecular weight excluding hydrogens is 224 g/mol. The van der Waals surface area contributed by atoms with Gasteiger partial charge in [0, 0.05) is 23.7 Å². The van der Waals surface area contributed by atoms with E-state index in [0.29, 0.717) is 5.82 Å². The number of hydrogen-bond donors (Lipinski definition) is 0. The first-order chi connectivity index (χ1) is 7.75. The monoisotopic (exact) mass is 233 g/mol. The van der Waals surface area contributed by atoms with Gasteiger partial charge >= 0.3 is 0 Å². The lowest BCUT2D eigenvalue weighted by molar-refractivity contribution is 0.536. The third kappa shape index (κ3) is 2.71. The largest absolute Gasteiger partial charge is 0.772 e. The SMILES string of the molecule is O=S([O-])Cc1ccc(-c2ncccn2)cc1. The molecule has 2 rings (SSSR count). The van der Waals surface area contributed by atoms with Crippen LogP contribution in [0.5, 0.6) is 0 Å². The molecule has 4 nitrogen and oxygen atoms in total. The fourth-order valence-electron chi connectivity index (χ4n) is 1.33. The summed E-state index contributed by atoms with van der Waals surface area (Å²) in [4.78, 5) is 8.21. The number of hydrogen-bond acceptors (Lipinski definition) is 4. The van der Waals surface area contributed by atoms with Crippen molar-refractivity contribution in [3.63, 3.8) is 0 Å². The summed E-state index contributed by atoms with van der Waals surface area (Å²) in [7, 11) is 0. The molecule has 0 aliphatic rings. The van der Waals surface area contributed by atoms with Crippen LogP contribution in [-0.2, 0) is 16.8 Å². The maximum atomic E-state index is 10.5. The third-order valence-electron chi connectivity index (χ3n) is 2.06. The lowest BCUT2D eigenvalue weighted by Crippen LogP contribution is -1.93. The molecule has 0 amide bonds. The van der Waals surface area contributed by atoms with Gasteiger partial charge in [-0.05, 0) is 11.6 Å². The molecule has 82 valence electrons. The minimum Gasteiger partial charge on any atom is -0.772 e. The lowest BCUT2D eigenvalue weighted by Gasteiger charge is -2.05. The van der Waals surface area contributed by atoms with E-state index in [4.69, 9.17) is 0 Å². The molecule has 0 aliphatic carbocycles. The molecule has 0 radical (unpaired) electrons. The summed E-state index contributed by atoms with van der Waals surface area (Å²) in [6.07, 6.45) is 3.34. The van der Waals surface area contributed by atoms with Gasteiger partial charge in [0.15, 0.2) is 5.82 Å². The van der Waals surface area contributed by atoms with Gasteiger partial charge in [0.25, 0.3) is 0 Å². The molecule has 0 fully saturated rings. The van der Waals surface area contributed by atoms with Crippen LogP contribution in [0.25, 0.3) is 11.4 Å². The van der Waals surface area contributed by atoms with Crippen molar-refractivity contribution in [1.29, 1.82) is 0 Å². The Balaban J connectivity index is 2.23. The van der Waals surface area contributed by atoms with E-state index in [0.717, 1.165) is 11.1 Å². The van der Waals surface area contributed by atoms with Crippen LogP contribution in [0.4, 0.5) is 0 Å². The van der Waals surface area contributed by atoms with Gasteiger partial charge in [0.2, 0.25) is 0 Å². The van der Waals surface area contributed by atoms with Crippen molar-refractivity contribution in [2.45, 2.75) is 5.75 Å². The van der Waals surface area contributed by atoms with E-state index in [-0.39, 0.29) is 5.75 Å². The Morgan fingerprint density at radius 3 is 2.31 bits per heavy atom. The highest BCUT2D eigenvalue weighted by Crippen LogP contribution is 2.15.